The van der Waals surface area contributed by atoms with Crippen molar-refractivity contribution in [3.8, 4) is 10.4 Å². The van der Waals surface area contributed by atoms with E-state index in [1.54, 1.807) is 0 Å². The van der Waals surface area contributed by atoms with Gasteiger partial charge in [-0.1, -0.05) is 49.6 Å². The van der Waals surface area contributed by atoms with Crippen LogP contribution in [0.15, 0.2) is 36.4 Å². The molecular weight excluding hydrogens is 446 g/mol. The Morgan fingerprint density at radius 2 is 1.74 bits per heavy atom. The summed E-state index contributed by atoms with van der Waals surface area (Å²) in [4.78, 5) is 33.9. The Morgan fingerprint density at radius 3 is 2.41 bits per heavy atom. The van der Waals surface area contributed by atoms with Crippen molar-refractivity contribution in [2.24, 2.45) is 5.92 Å². The van der Waals surface area contributed by atoms with Crippen molar-refractivity contribution >= 4 is 28.9 Å². The largest absolute Gasteiger partial charge is 0.477 e. The molecule has 0 radical (unpaired) electrons. The van der Waals surface area contributed by atoms with E-state index in [1.165, 1.54) is 30.6 Å². The number of anilines is 1. The maximum Gasteiger partial charge on any atom is 0.348 e. The van der Waals surface area contributed by atoms with E-state index in [9.17, 15) is 14.7 Å². The highest BCUT2D eigenvalue weighted by atomic mass is 32.1. The summed E-state index contributed by atoms with van der Waals surface area (Å²) in [7, 11) is 2.17. The van der Waals surface area contributed by atoms with Gasteiger partial charge in [0.1, 0.15) is 4.88 Å². The number of piperazine rings is 1. The molecule has 2 aliphatic heterocycles. The quantitative estimate of drug-likeness (QED) is 0.664. The van der Waals surface area contributed by atoms with Gasteiger partial charge >= 0.3 is 5.97 Å². The Kier molecular flexibility index (Phi) is 7.04. The monoisotopic (exact) mass is 481 g/mol. The first kappa shape index (κ1) is 23.5. The lowest BCUT2D eigenvalue weighted by molar-refractivity contribution is -0.124. The molecule has 0 spiro atoms. The van der Waals surface area contributed by atoms with Gasteiger partial charge in [-0.15, -0.1) is 11.3 Å². The first-order valence-corrected chi connectivity index (χ1v) is 13.5. The third-order valence-electron chi connectivity index (χ3n) is 7.98. The molecule has 1 amide bonds. The van der Waals surface area contributed by atoms with Gasteiger partial charge in [-0.2, -0.15) is 0 Å². The van der Waals surface area contributed by atoms with Crippen LogP contribution in [-0.4, -0.2) is 72.1 Å². The molecule has 1 atom stereocenters. The lowest BCUT2D eigenvalue weighted by Gasteiger charge is -2.48. The maximum absolute atomic E-state index is 13.8. The van der Waals surface area contributed by atoms with Gasteiger partial charge in [0.05, 0.1) is 18.3 Å². The molecule has 2 aromatic rings. The summed E-state index contributed by atoms with van der Waals surface area (Å²) in [5.41, 5.74) is 1.59. The molecule has 1 aliphatic carbocycles. The average Bonchev–Trinajstić information content (AvgIpc) is 3.30. The third-order valence-corrected chi connectivity index (χ3v) is 9.14. The Balaban J connectivity index is 1.49. The van der Waals surface area contributed by atoms with Crippen molar-refractivity contribution in [3.05, 3.63) is 41.3 Å². The number of aromatic carboxylic acids is 1. The van der Waals surface area contributed by atoms with Gasteiger partial charge in [0, 0.05) is 17.5 Å². The van der Waals surface area contributed by atoms with E-state index in [1.807, 2.05) is 41.3 Å². The van der Waals surface area contributed by atoms with Crippen molar-refractivity contribution in [1.82, 2.24) is 9.80 Å². The summed E-state index contributed by atoms with van der Waals surface area (Å²) in [6, 6.07) is 12.3. The number of carboxylic acids is 1. The van der Waals surface area contributed by atoms with Crippen LogP contribution in [-0.2, 0) is 4.79 Å². The van der Waals surface area contributed by atoms with E-state index < -0.39 is 5.97 Å². The Bertz CT molecular complexity index is 1010. The number of carboxylic acid groups (broad SMARTS) is 1. The third kappa shape index (κ3) is 4.79. The molecule has 0 bridgehead atoms. The number of nitrogens with zero attached hydrogens (tertiary/aromatic N) is 3. The molecule has 3 fully saturated rings. The first-order valence-electron chi connectivity index (χ1n) is 12.7. The second-order valence-electron chi connectivity index (χ2n) is 10.2. The minimum Gasteiger partial charge on any atom is -0.477 e. The number of carbonyl (C=O) groups is 2. The molecular formula is C27H35N3O3S. The van der Waals surface area contributed by atoms with Gasteiger partial charge in [0.2, 0.25) is 5.91 Å². The highest BCUT2D eigenvalue weighted by Crippen LogP contribution is 2.41. The minimum absolute atomic E-state index is 0.0394. The van der Waals surface area contributed by atoms with Crippen molar-refractivity contribution in [3.63, 3.8) is 0 Å². The second kappa shape index (κ2) is 10.2. The normalized spacial score (nSPS) is 24.0. The number of thiophene rings is 1. The van der Waals surface area contributed by atoms with Crippen LogP contribution in [0.4, 0.5) is 5.69 Å². The highest BCUT2D eigenvalue weighted by Gasteiger charge is 2.42. The van der Waals surface area contributed by atoms with Crippen LogP contribution in [0, 0.1) is 5.92 Å². The zero-order valence-electron chi connectivity index (χ0n) is 20.0. The lowest BCUT2D eigenvalue weighted by atomic mass is 9.81. The molecule has 182 valence electrons. The van der Waals surface area contributed by atoms with Crippen LogP contribution in [0.1, 0.15) is 54.6 Å². The van der Waals surface area contributed by atoms with E-state index in [2.05, 4.69) is 16.8 Å². The molecule has 2 saturated heterocycles. The predicted octanol–water partition coefficient (Wildman–Crippen LogP) is 4.81. The fraction of sp³-hybridized carbons (Fsp3) is 0.556. The SMILES string of the molecule is CN1CCC(N2CC(=O)N(c3cc(-c4ccccc4)sc3C(=O)O)C(C3CCCCC3)C2)CC1. The molecule has 1 saturated carbocycles. The van der Waals surface area contributed by atoms with Crippen LogP contribution in [0.5, 0.6) is 0 Å². The fourth-order valence-corrected chi connectivity index (χ4v) is 7.10. The minimum atomic E-state index is -0.949. The van der Waals surface area contributed by atoms with Gasteiger partial charge in [-0.05, 0) is 63.4 Å². The van der Waals surface area contributed by atoms with E-state index in [0.29, 0.717) is 24.2 Å². The van der Waals surface area contributed by atoms with Crippen molar-refractivity contribution in [1.29, 1.82) is 0 Å². The molecule has 3 aliphatic rings. The van der Waals surface area contributed by atoms with E-state index in [0.717, 1.165) is 55.8 Å². The summed E-state index contributed by atoms with van der Waals surface area (Å²) in [5, 5.41) is 10.1. The smallest absolute Gasteiger partial charge is 0.348 e. The van der Waals surface area contributed by atoms with Crippen LogP contribution in [0.3, 0.4) is 0 Å². The molecule has 5 rings (SSSR count). The number of hydrogen-bond acceptors (Lipinski definition) is 5. The number of likely N-dealkylation sites (tertiary alicyclic amines) is 1. The predicted molar refractivity (Wildman–Crippen MR) is 137 cm³/mol. The zero-order chi connectivity index (χ0) is 23.7. The molecule has 1 N–H and O–H groups in total. The van der Waals surface area contributed by atoms with Crippen LogP contribution in [0.25, 0.3) is 10.4 Å². The summed E-state index contributed by atoms with van der Waals surface area (Å²) < 4.78 is 0. The van der Waals surface area contributed by atoms with E-state index >= 15 is 0 Å². The van der Waals surface area contributed by atoms with E-state index in [4.69, 9.17) is 0 Å². The number of amides is 1. The number of benzene rings is 1. The highest BCUT2D eigenvalue weighted by molar-refractivity contribution is 7.18. The van der Waals surface area contributed by atoms with Crippen molar-refractivity contribution in [2.45, 2.75) is 57.0 Å². The standard InChI is InChI=1S/C27H35N3O3S/c1-28-14-12-21(13-15-28)29-17-23(19-8-4-2-5-9-19)30(25(31)18-29)22-16-24(34-26(22)27(32)33)20-10-6-3-7-11-20/h3,6-7,10-11,16,19,21,23H,2,4-5,8-9,12-15,17-18H2,1H3,(H,32,33). The molecule has 34 heavy (non-hydrogen) atoms. The van der Waals surface area contributed by atoms with Gasteiger partial charge in [-0.25, -0.2) is 4.79 Å². The number of piperidine rings is 1. The number of carbonyl (C=O) groups excluding carboxylic acids is 1. The average molecular weight is 482 g/mol. The summed E-state index contributed by atoms with van der Waals surface area (Å²) in [6.45, 7) is 3.37. The zero-order valence-corrected chi connectivity index (χ0v) is 20.8. The van der Waals surface area contributed by atoms with Gasteiger partial charge in [0.25, 0.3) is 0 Å². The molecule has 1 aromatic carbocycles. The lowest BCUT2D eigenvalue weighted by Crippen LogP contribution is -2.62. The topological polar surface area (TPSA) is 64.1 Å². The van der Waals surface area contributed by atoms with Crippen LogP contribution < -0.4 is 4.90 Å². The Labute approximate surface area is 206 Å². The maximum atomic E-state index is 13.8. The fourth-order valence-electron chi connectivity index (χ4n) is 6.11. The molecule has 1 unspecified atom stereocenters. The van der Waals surface area contributed by atoms with Crippen LogP contribution >= 0.6 is 11.3 Å². The Hall–Kier alpha value is -2.22. The summed E-state index contributed by atoms with van der Waals surface area (Å²) in [6.07, 6.45) is 8.08. The van der Waals surface area contributed by atoms with Gasteiger partial charge < -0.3 is 14.9 Å². The Morgan fingerprint density at radius 1 is 1.03 bits per heavy atom. The van der Waals surface area contributed by atoms with Crippen LogP contribution in [0.2, 0.25) is 0 Å². The number of hydrogen-bond donors (Lipinski definition) is 1. The molecule has 3 heterocycles. The molecule has 7 heteroatoms. The van der Waals surface area contributed by atoms with Crippen molar-refractivity contribution in [2.75, 3.05) is 38.1 Å². The summed E-state index contributed by atoms with van der Waals surface area (Å²) in [5.74, 6) is -0.468. The first-order chi connectivity index (χ1) is 16.5. The second-order valence-corrected chi connectivity index (χ2v) is 11.2. The van der Waals surface area contributed by atoms with E-state index in [-0.39, 0.29) is 16.8 Å². The van der Waals surface area contributed by atoms with Crippen molar-refractivity contribution < 1.29 is 14.7 Å². The molecule has 1 aromatic heterocycles. The van der Waals surface area contributed by atoms with Gasteiger partial charge in [0.15, 0.2) is 0 Å². The summed E-state index contributed by atoms with van der Waals surface area (Å²) >= 11 is 1.28. The molecule has 6 nitrogen and oxygen atoms in total. The number of rotatable bonds is 5. The van der Waals surface area contributed by atoms with Gasteiger partial charge in [-0.3, -0.25) is 9.69 Å².